The molecule has 0 saturated carbocycles. The topological polar surface area (TPSA) is 61.0 Å². The van der Waals surface area contributed by atoms with E-state index in [1.165, 1.54) is 0 Å². The summed E-state index contributed by atoms with van der Waals surface area (Å²) < 4.78 is 0. The largest absolute Gasteiger partial charge is 0.367 e. The summed E-state index contributed by atoms with van der Waals surface area (Å²) in [5.41, 5.74) is 0.399. The van der Waals surface area contributed by atoms with Crippen LogP contribution in [0.4, 0.5) is 5.69 Å². The average molecular weight is 243 g/mol. The van der Waals surface area contributed by atoms with E-state index < -0.39 is 0 Å². The molecule has 0 amide bonds. The van der Waals surface area contributed by atoms with E-state index in [2.05, 4.69) is 20.4 Å². The molecular weight excluding hydrogens is 228 g/mol. The smallest absolute Gasteiger partial charge is 0.285 e. The number of piperidine rings is 1. The van der Waals surface area contributed by atoms with Crippen molar-refractivity contribution in [3.63, 3.8) is 0 Å². The average Bonchev–Trinajstić information content (AvgIpc) is 2.33. The lowest BCUT2D eigenvalue weighted by Crippen LogP contribution is -2.44. The van der Waals surface area contributed by atoms with E-state index in [4.69, 9.17) is 11.6 Å². The summed E-state index contributed by atoms with van der Waals surface area (Å²) in [7, 11) is 1.95. The molecule has 1 atom stereocenters. The molecule has 5 nitrogen and oxygen atoms in total. The Hall–Kier alpha value is -1.07. The summed E-state index contributed by atoms with van der Waals surface area (Å²) in [6.45, 7) is 1.78. The van der Waals surface area contributed by atoms with Gasteiger partial charge in [-0.15, -0.1) is 0 Å². The molecule has 0 aromatic carbocycles. The fourth-order valence-corrected chi connectivity index (χ4v) is 2.24. The second-order valence-corrected chi connectivity index (χ2v) is 4.35. The molecule has 2 rings (SSSR count). The van der Waals surface area contributed by atoms with Crippen molar-refractivity contribution in [2.75, 3.05) is 25.0 Å². The number of nitrogens with zero attached hydrogens (tertiary/aromatic N) is 2. The summed E-state index contributed by atoms with van der Waals surface area (Å²) in [5.74, 6) is 0. The molecule has 1 saturated heterocycles. The van der Waals surface area contributed by atoms with Gasteiger partial charge in [0.05, 0.1) is 11.9 Å². The Morgan fingerprint density at radius 1 is 1.69 bits per heavy atom. The second-order valence-electron chi connectivity index (χ2n) is 3.97. The number of aromatic amines is 1. The van der Waals surface area contributed by atoms with Crippen LogP contribution < -0.4 is 15.8 Å². The Kier molecular flexibility index (Phi) is 3.46. The van der Waals surface area contributed by atoms with Crippen LogP contribution in [-0.2, 0) is 0 Å². The third-order valence-corrected chi connectivity index (χ3v) is 3.31. The predicted octanol–water partition coefficient (Wildman–Crippen LogP) is 0.611. The molecule has 6 heteroatoms. The highest BCUT2D eigenvalue weighted by atomic mass is 35.5. The number of halogens is 1. The Labute approximate surface area is 98.8 Å². The molecular formula is C10H15ClN4O. The Morgan fingerprint density at radius 3 is 3.25 bits per heavy atom. The van der Waals surface area contributed by atoms with Gasteiger partial charge in [-0.3, -0.25) is 4.79 Å². The third-order valence-electron chi connectivity index (χ3n) is 2.95. The molecule has 0 spiro atoms. The van der Waals surface area contributed by atoms with Crippen LogP contribution in [0.5, 0.6) is 0 Å². The van der Waals surface area contributed by atoms with Crippen LogP contribution in [0.1, 0.15) is 12.8 Å². The van der Waals surface area contributed by atoms with Gasteiger partial charge in [0.15, 0.2) is 0 Å². The van der Waals surface area contributed by atoms with Crippen LogP contribution in [0.25, 0.3) is 0 Å². The number of rotatable bonds is 2. The minimum absolute atomic E-state index is 0.228. The number of hydrogen-bond acceptors (Lipinski definition) is 4. The Bertz CT molecular complexity index is 420. The van der Waals surface area contributed by atoms with E-state index >= 15 is 0 Å². The molecule has 0 radical (unpaired) electrons. The second kappa shape index (κ2) is 4.84. The fraction of sp³-hybridized carbons (Fsp3) is 0.600. The van der Waals surface area contributed by atoms with E-state index in [0.29, 0.717) is 6.04 Å². The fourth-order valence-electron chi connectivity index (χ4n) is 2.03. The van der Waals surface area contributed by atoms with Gasteiger partial charge in [-0.1, -0.05) is 11.6 Å². The van der Waals surface area contributed by atoms with Gasteiger partial charge in [-0.05, 0) is 19.9 Å². The first-order valence-electron chi connectivity index (χ1n) is 5.37. The maximum Gasteiger partial charge on any atom is 0.285 e. The molecule has 1 aliphatic rings. The van der Waals surface area contributed by atoms with Gasteiger partial charge in [0.2, 0.25) is 0 Å². The first-order valence-corrected chi connectivity index (χ1v) is 5.75. The van der Waals surface area contributed by atoms with E-state index in [1.807, 2.05) is 7.05 Å². The van der Waals surface area contributed by atoms with Crippen LogP contribution >= 0.6 is 11.6 Å². The number of aromatic nitrogens is 2. The molecule has 0 bridgehead atoms. The van der Waals surface area contributed by atoms with Crippen LogP contribution in [0, 0.1) is 0 Å². The van der Waals surface area contributed by atoms with Crippen molar-refractivity contribution >= 4 is 17.3 Å². The molecule has 88 valence electrons. The lowest BCUT2D eigenvalue weighted by Gasteiger charge is -2.34. The van der Waals surface area contributed by atoms with E-state index in [0.717, 1.165) is 31.6 Å². The molecule has 1 aromatic heterocycles. The van der Waals surface area contributed by atoms with Gasteiger partial charge in [0, 0.05) is 19.1 Å². The van der Waals surface area contributed by atoms with Crippen molar-refractivity contribution in [2.45, 2.75) is 18.9 Å². The number of likely N-dealkylation sites (N-methyl/N-ethyl adjacent to an activating group) is 1. The maximum atomic E-state index is 11.3. The van der Waals surface area contributed by atoms with Crippen molar-refractivity contribution in [1.29, 1.82) is 0 Å². The monoisotopic (exact) mass is 242 g/mol. The highest BCUT2D eigenvalue weighted by Gasteiger charge is 2.21. The summed E-state index contributed by atoms with van der Waals surface area (Å²) >= 11 is 5.97. The molecule has 1 unspecified atom stereocenters. The molecule has 1 aromatic rings. The zero-order valence-corrected chi connectivity index (χ0v) is 9.92. The highest BCUT2D eigenvalue weighted by Crippen LogP contribution is 2.23. The maximum absolute atomic E-state index is 11.3. The number of nitrogens with one attached hydrogen (secondary N) is 2. The normalized spacial score (nSPS) is 21.1. The Morgan fingerprint density at radius 2 is 2.50 bits per heavy atom. The van der Waals surface area contributed by atoms with Crippen molar-refractivity contribution < 1.29 is 0 Å². The SMILES string of the molecule is CNC1CCCN(c2cn[nH]c(=O)c2Cl)C1. The standard InChI is InChI=1S/C10H15ClN4O/c1-12-7-3-2-4-15(6-7)8-5-13-14-10(16)9(8)11/h5,7,12H,2-4,6H2,1H3,(H,14,16). The summed E-state index contributed by atoms with van der Waals surface area (Å²) in [6, 6.07) is 0.448. The van der Waals surface area contributed by atoms with Crippen molar-refractivity contribution in [2.24, 2.45) is 0 Å². The summed E-state index contributed by atoms with van der Waals surface area (Å²) in [5, 5.41) is 9.59. The lowest BCUT2D eigenvalue weighted by atomic mass is 10.1. The first-order chi connectivity index (χ1) is 7.72. The zero-order chi connectivity index (χ0) is 11.5. The summed E-state index contributed by atoms with van der Waals surface area (Å²) in [4.78, 5) is 13.4. The van der Waals surface area contributed by atoms with Gasteiger partial charge in [0.25, 0.3) is 5.56 Å². The quantitative estimate of drug-likeness (QED) is 0.798. The van der Waals surface area contributed by atoms with Crippen molar-refractivity contribution in [3.05, 3.63) is 21.6 Å². The first kappa shape index (κ1) is 11.4. The van der Waals surface area contributed by atoms with Crippen LogP contribution in [0.15, 0.2) is 11.0 Å². The highest BCUT2D eigenvalue weighted by molar-refractivity contribution is 6.32. The van der Waals surface area contributed by atoms with Gasteiger partial charge < -0.3 is 10.2 Å². The van der Waals surface area contributed by atoms with Gasteiger partial charge in [-0.25, -0.2) is 5.10 Å². The molecule has 1 fully saturated rings. The van der Waals surface area contributed by atoms with E-state index in [1.54, 1.807) is 6.20 Å². The van der Waals surface area contributed by atoms with Crippen LogP contribution in [-0.4, -0.2) is 36.4 Å². The summed E-state index contributed by atoms with van der Waals surface area (Å²) in [6.07, 6.45) is 3.86. The minimum atomic E-state index is -0.328. The Balaban J connectivity index is 2.23. The lowest BCUT2D eigenvalue weighted by molar-refractivity contribution is 0.449. The number of H-pyrrole nitrogens is 1. The molecule has 1 aliphatic heterocycles. The van der Waals surface area contributed by atoms with Gasteiger partial charge >= 0.3 is 0 Å². The zero-order valence-electron chi connectivity index (χ0n) is 9.16. The molecule has 16 heavy (non-hydrogen) atoms. The van der Waals surface area contributed by atoms with Crippen molar-refractivity contribution in [3.8, 4) is 0 Å². The number of anilines is 1. The third kappa shape index (κ3) is 2.20. The molecule has 2 heterocycles. The van der Waals surface area contributed by atoms with Crippen molar-refractivity contribution in [1.82, 2.24) is 15.5 Å². The van der Waals surface area contributed by atoms with E-state index in [9.17, 15) is 4.79 Å². The number of hydrogen-bond donors (Lipinski definition) is 2. The molecule has 0 aliphatic carbocycles. The predicted molar refractivity (Wildman–Crippen MR) is 64.2 cm³/mol. The van der Waals surface area contributed by atoms with E-state index in [-0.39, 0.29) is 10.6 Å². The van der Waals surface area contributed by atoms with Gasteiger partial charge in [-0.2, -0.15) is 5.10 Å². The van der Waals surface area contributed by atoms with Gasteiger partial charge in [0.1, 0.15) is 5.02 Å². The molecule has 2 N–H and O–H groups in total. The van der Waals surface area contributed by atoms with Crippen LogP contribution in [0.2, 0.25) is 5.02 Å². The minimum Gasteiger partial charge on any atom is -0.367 e. The van der Waals surface area contributed by atoms with Crippen LogP contribution in [0.3, 0.4) is 0 Å².